The van der Waals surface area contributed by atoms with E-state index in [1.807, 2.05) is 58.0 Å². The summed E-state index contributed by atoms with van der Waals surface area (Å²) in [4.78, 5) is 71.0. The molecule has 4 atom stereocenters. The van der Waals surface area contributed by atoms with Crippen LogP contribution in [0, 0.1) is 11.8 Å². The van der Waals surface area contributed by atoms with Crippen LogP contribution in [0.4, 0.5) is 0 Å². The van der Waals surface area contributed by atoms with Gasteiger partial charge in [-0.25, -0.2) is 0 Å². The van der Waals surface area contributed by atoms with Crippen molar-refractivity contribution in [3.05, 3.63) is 35.9 Å². The highest BCUT2D eigenvalue weighted by atomic mass is 16.2. The summed E-state index contributed by atoms with van der Waals surface area (Å²) in [7, 11) is 0. The van der Waals surface area contributed by atoms with Crippen LogP contribution in [0.5, 0.6) is 0 Å². The number of hydrogen-bond donors (Lipinski definition) is 7. The van der Waals surface area contributed by atoms with Gasteiger partial charge in [-0.2, -0.15) is 0 Å². The van der Waals surface area contributed by atoms with Crippen molar-refractivity contribution in [3.8, 4) is 0 Å². The van der Waals surface area contributed by atoms with Gasteiger partial charge in [-0.3, -0.25) is 29.0 Å². The zero-order chi connectivity index (χ0) is 34.1. The van der Waals surface area contributed by atoms with Crippen molar-refractivity contribution in [2.45, 2.75) is 110 Å². The van der Waals surface area contributed by atoms with Gasteiger partial charge in [-0.15, -0.1) is 0 Å². The molecule has 0 aliphatic carbocycles. The maximum absolute atomic E-state index is 13.7. The average molecular weight is 643 g/mol. The molecule has 1 saturated heterocycles. The number of nitrogens with zero attached hydrogens (tertiary/aromatic N) is 1. The van der Waals surface area contributed by atoms with Crippen molar-refractivity contribution in [2.75, 3.05) is 13.1 Å². The van der Waals surface area contributed by atoms with Crippen molar-refractivity contribution in [1.29, 1.82) is 0 Å². The maximum Gasteiger partial charge on any atom is 0.243 e. The van der Waals surface area contributed by atoms with Crippen LogP contribution in [0.1, 0.15) is 84.6 Å². The fraction of sp³-hybridized carbons (Fsp3) is 0.636. The normalized spacial score (nSPS) is 22.8. The summed E-state index contributed by atoms with van der Waals surface area (Å²) in [5.41, 5.74) is 11.7. The van der Waals surface area contributed by atoms with Crippen LogP contribution in [-0.2, 0) is 30.4 Å². The Morgan fingerprint density at radius 1 is 0.739 bits per heavy atom. The molecule has 1 aromatic rings. The summed E-state index contributed by atoms with van der Waals surface area (Å²) in [6.07, 6.45) is 3.69. The lowest BCUT2D eigenvalue weighted by molar-refractivity contribution is -0.135. The van der Waals surface area contributed by atoms with E-state index in [0.29, 0.717) is 45.1 Å². The number of benzene rings is 1. The molecule has 0 radical (unpaired) electrons. The van der Waals surface area contributed by atoms with E-state index in [2.05, 4.69) is 31.6 Å². The molecule has 5 amide bonds. The van der Waals surface area contributed by atoms with Crippen molar-refractivity contribution >= 4 is 35.5 Å². The molecule has 13 heteroatoms. The molecule has 256 valence electrons. The van der Waals surface area contributed by atoms with E-state index < -0.39 is 41.9 Å². The lowest BCUT2D eigenvalue weighted by Crippen LogP contribution is -2.58. The van der Waals surface area contributed by atoms with E-state index in [0.717, 1.165) is 5.56 Å². The fourth-order valence-corrected chi connectivity index (χ4v) is 5.24. The Bertz CT molecular complexity index is 1170. The number of hydrogen-bond acceptors (Lipinski definition) is 6. The lowest BCUT2D eigenvalue weighted by Gasteiger charge is -2.28. The Balaban J connectivity index is 2.37. The zero-order valence-electron chi connectivity index (χ0n) is 27.8. The molecule has 2 rings (SSSR count). The van der Waals surface area contributed by atoms with E-state index in [4.69, 9.17) is 11.5 Å². The van der Waals surface area contributed by atoms with Gasteiger partial charge in [0.15, 0.2) is 5.96 Å². The predicted octanol–water partition coefficient (Wildman–Crippen LogP) is 1.00. The number of nitrogens with two attached hydrogens (primary N) is 2. The summed E-state index contributed by atoms with van der Waals surface area (Å²) >= 11 is 0. The summed E-state index contributed by atoms with van der Waals surface area (Å²) in [6.45, 7) is 8.37. The highest BCUT2D eigenvalue weighted by Gasteiger charge is 2.32. The summed E-state index contributed by atoms with van der Waals surface area (Å²) in [6, 6.07) is 5.69. The second-order valence-electron chi connectivity index (χ2n) is 12.8. The maximum atomic E-state index is 13.7. The SMILES string of the molecule is CC(C)C[C@@H]1NC(=O)[C@H](Cc2ccccc2)NC(=O)CCCCCNC(=O)[C@H](CCCN=C(N)N)NC(=O)[C@H](CC(C)C)NC1=O. The smallest absolute Gasteiger partial charge is 0.243 e. The van der Waals surface area contributed by atoms with E-state index >= 15 is 0 Å². The molecule has 1 aromatic carbocycles. The predicted molar refractivity (Wildman–Crippen MR) is 178 cm³/mol. The van der Waals surface area contributed by atoms with Crippen LogP contribution in [0.15, 0.2) is 35.3 Å². The molecular weight excluding hydrogens is 588 g/mol. The van der Waals surface area contributed by atoms with Crippen molar-refractivity contribution in [3.63, 3.8) is 0 Å². The number of guanidine groups is 1. The van der Waals surface area contributed by atoms with Crippen LogP contribution in [0.3, 0.4) is 0 Å². The second kappa shape index (κ2) is 20.1. The van der Waals surface area contributed by atoms with E-state index in [1.54, 1.807) is 0 Å². The van der Waals surface area contributed by atoms with Gasteiger partial charge in [0.2, 0.25) is 29.5 Å². The Labute approximate surface area is 272 Å². The van der Waals surface area contributed by atoms with Crippen LogP contribution in [0.25, 0.3) is 0 Å². The minimum atomic E-state index is -0.953. The van der Waals surface area contributed by atoms with Gasteiger partial charge in [0.25, 0.3) is 0 Å². The molecule has 0 saturated carbocycles. The van der Waals surface area contributed by atoms with Crippen molar-refractivity contribution in [1.82, 2.24) is 26.6 Å². The van der Waals surface area contributed by atoms with Crippen LogP contribution in [-0.4, -0.2) is 72.8 Å². The summed E-state index contributed by atoms with van der Waals surface area (Å²) < 4.78 is 0. The molecule has 0 bridgehead atoms. The molecule has 0 unspecified atom stereocenters. The minimum absolute atomic E-state index is 0.0374. The molecule has 9 N–H and O–H groups in total. The second-order valence-corrected chi connectivity index (χ2v) is 12.8. The highest BCUT2D eigenvalue weighted by molar-refractivity contribution is 5.95. The summed E-state index contributed by atoms with van der Waals surface area (Å²) in [5, 5.41) is 14.3. The largest absolute Gasteiger partial charge is 0.370 e. The van der Waals surface area contributed by atoms with E-state index in [1.165, 1.54) is 0 Å². The van der Waals surface area contributed by atoms with E-state index in [9.17, 15) is 24.0 Å². The molecular formula is C33H54N8O5. The molecule has 1 aliphatic rings. The lowest BCUT2D eigenvalue weighted by atomic mass is 9.98. The number of aliphatic imine (C=N–C) groups is 1. The van der Waals surface area contributed by atoms with Gasteiger partial charge in [0.05, 0.1) is 0 Å². The number of carbonyl (C=O) groups is 5. The first-order valence-corrected chi connectivity index (χ1v) is 16.4. The quantitative estimate of drug-likeness (QED) is 0.112. The third-order valence-electron chi connectivity index (χ3n) is 7.57. The van der Waals surface area contributed by atoms with Gasteiger partial charge >= 0.3 is 0 Å². The third-order valence-corrected chi connectivity index (χ3v) is 7.57. The van der Waals surface area contributed by atoms with Gasteiger partial charge in [-0.05, 0) is 55.9 Å². The van der Waals surface area contributed by atoms with Crippen LogP contribution in [0.2, 0.25) is 0 Å². The third kappa shape index (κ3) is 14.7. The number of amides is 5. The summed E-state index contributed by atoms with van der Waals surface area (Å²) in [5.74, 6) is -2.09. The fourth-order valence-electron chi connectivity index (χ4n) is 5.24. The van der Waals surface area contributed by atoms with Gasteiger partial charge < -0.3 is 38.1 Å². The molecule has 1 heterocycles. The molecule has 1 fully saturated rings. The first kappa shape index (κ1) is 38.0. The van der Waals surface area contributed by atoms with Crippen LogP contribution < -0.4 is 38.1 Å². The highest BCUT2D eigenvalue weighted by Crippen LogP contribution is 2.12. The molecule has 0 spiro atoms. The Morgan fingerprint density at radius 2 is 1.30 bits per heavy atom. The van der Waals surface area contributed by atoms with Crippen LogP contribution >= 0.6 is 0 Å². The number of nitrogens with one attached hydrogen (secondary N) is 5. The topological polar surface area (TPSA) is 210 Å². The Hall–Kier alpha value is -4.16. The van der Waals surface area contributed by atoms with Gasteiger partial charge in [0, 0.05) is 25.9 Å². The number of carbonyl (C=O) groups excluding carboxylic acids is 5. The van der Waals surface area contributed by atoms with Gasteiger partial charge in [-0.1, -0.05) is 64.4 Å². The Kier molecular flexibility index (Phi) is 16.6. The average Bonchev–Trinajstić information content (AvgIpc) is 2.98. The first-order chi connectivity index (χ1) is 21.8. The van der Waals surface area contributed by atoms with Crippen molar-refractivity contribution in [2.24, 2.45) is 28.3 Å². The monoisotopic (exact) mass is 642 g/mol. The minimum Gasteiger partial charge on any atom is -0.370 e. The Morgan fingerprint density at radius 3 is 1.87 bits per heavy atom. The molecule has 0 aromatic heterocycles. The molecule has 1 aliphatic heterocycles. The first-order valence-electron chi connectivity index (χ1n) is 16.4. The molecule has 46 heavy (non-hydrogen) atoms. The van der Waals surface area contributed by atoms with Gasteiger partial charge in [0.1, 0.15) is 24.2 Å². The van der Waals surface area contributed by atoms with E-state index in [-0.39, 0.29) is 55.4 Å². The number of rotatable bonds is 10. The standard InChI is InChI=1S/C33H54N8O5/c1-21(2)18-25-30(44)39-24(14-11-17-37-33(34)35)29(43)36-16-10-6-9-15-28(42)38-27(20-23-12-7-5-8-13-23)32(46)41-26(19-22(3)4)31(45)40-25/h5,7-8,12-13,21-22,24-27H,6,9-11,14-20H2,1-4H3,(H,36,43)(H,38,42)(H,39,44)(H,40,45)(H,41,46)(H4,34,35,37)/t24-,25-,26-,27-/m0/s1. The van der Waals surface area contributed by atoms with Crippen molar-refractivity contribution < 1.29 is 24.0 Å². The zero-order valence-corrected chi connectivity index (χ0v) is 27.8. The molecule has 13 nitrogen and oxygen atoms in total.